The van der Waals surface area contributed by atoms with Crippen molar-refractivity contribution < 1.29 is 13.9 Å². The fourth-order valence-corrected chi connectivity index (χ4v) is 6.51. The number of hydrogen-bond donors (Lipinski definition) is 0. The summed E-state index contributed by atoms with van der Waals surface area (Å²) < 4.78 is 19.4. The van der Waals surface area contributed by atoms with Gasteiger partial charge >= 0.3 is 5.97 Å². The van der Waals surface area contributed by atoms with Crippen molar-refractivity contribution >= 4 is 5.97 Å². The lowest BCUT2D eigenvalue weighted by Gasteiger charge is -2.51. The van der Waals surface area contributed by atoms with Crippen LogP contribution in [0.25, 0.3) is 0 Å². The minimum absolute atomic E-state index is 0.114. The molecule has 6 atom stereocenters. The summed E-state index contributed by atoms with van der Waals surface area (Å²) in [5, 5.41) is 0. The standard InChI is InChI=1S/C20H29FO2/c1-12(22)23-19-8-7-18-17-5-3-13-11-14(21)4-6-15(13)16(17)9-10-20(18,19)2/h14,16-19H,3-11H2,1-2H3/t14?,16-,17-,18+,19?,20+/m1/s1. The topological polar surface area (TPSA) is 26.3 Å². The summed E-state index contributed by atoms with van der Waals surface area (Å²) in [6.07, 6.45) is 8.89. The van der Waals surface area contributed by atoms with Crippen molar-refractivity contribution in [3.63, 3.8) is 0 Å². The van der Waals surface area contributed by atoms with Crippen molar-refractivity contribution in [2.45, 2.75) is 83.9 Å². The zero-order chi connectivity index (χ0) is 16.2. The van der Waals surface area contributed by atoms with E-state index in [0.29, 0.717) is 18.3 Å². The van der Waals surface area contributed by atoms with E-state index in [4.69, 9.17) is 4.74 Å². The van der Waals surface area contributed by atoms with Gasteiger partial charge in [-0.25, -0.2) is 4.39 Å². The number of esters is 1. The van der Waals surface area contributed by atoms with Gasteiger partial charge in [0.2, 0.25) is 0 Å². The second-order valence-corrected chi connectivity index (χ2v) is 8.60. The Balaban J connectivity index is 1.58. The monoisotopic (exact) mass is 320 g/mol. The van der Waals surface area contributed by atoms with Gasteiger partial charge in [-0.2, -0.15) is 0 Å². The molecule has 0 heterocycles. The molecule has 4 rings (SSSR count). The van der Waals surface area contributed by atoms with Crippen molar-refractivity contribution in [3.05, 3.63) is 11.1 Å². The lowest BCUT2D eigenvalue weighted by atomic mass is 9.54. The highest BCUT2D eigenvalue weighted by Gasteiger charge is 2.56. The molecule has 0 spiro atoms. The normalized spacial score (nSPS) is 46.0. The second-order valence-electron chi connectivity index (χ2n) is 8.60. The van der Waals surface area contributed by atoms with Gasteiger partial charge in [0, 0.05) is 12.3 Å². The third kappa shape index (κ3) is 2.46. The highest BCUT2D eigenvalue weighted by molar-refractivity contribution is 5.66. The molecule has 23 heavy (non-hydrogen) atoms. The van der Waals surface area contributed by atoms with Gasteiger partial charge in [0.1, 0.15) is 12.3 Å². The van der Waals surface area contributed by atoms with Crippen LogP contribution in [0.5, 0.6) is 0 Å². The Bertz CT molecular complexity index is 540. The molecule has 4 aliphatic carbocycles. The van der Waals surface area contributed by atoms with Crippen LogP contribution in [0.1, 0.15) is 71.6 Å². The quantitative estimate of drug-likeness (QED) is 0.503. The number of ether oxygens (including phenoxy) is 1. The molecule has 2 nitrogen and oxygen atoms in total. The van der Waals surface area contributed by atoms with Gasteiger partial charge in [0.25, 0.3) is 0 Å². The van der Waals surface area contributed by atoms with Gasteiger partial charge in [-0.05, 0) is 75.5 Å². The zero-order valence-electron chi connectivity index (χ0n) is 14.4. The molecule has 3 heteroatoms. The molecule has 2 fully saturated rings. The van der Waals surface area contributed by atoms with E-state index in [1.54, 1.807) is 5.57 Å². The second kappa shape index (κ2) is 5.60. The molecule has 128 valence electrons. The SMILES string of the molecule is CC(=O)OC1CC[C@H]2[C@@H]3CCC4=C(CCC(F)C4)[C@H]3CC[C@]12C. The van der Waals surface area contributed by atoms with E-state index in [0.717, 1.165) is 38.0 Å². The molecule has 0 aromatic heterocycles. The van der Waals surface area contributed by atoms with Gasteiger partial charge in [-0.15, -0.1) is 0 Å². The van der Waals surface area contributed by atoms with E-state index in [-0.39, 0.29) is 17.5 Å². The van der Waals surface area contributed by atoms with Crippen molar-refractivity contribution in [2.24, 2.45) is 23.2 Å². The molecule has 0 aliphatic heterocycles. The van der Waals surface area contributed by atoms with Crippen LogP contribution in [0.3, 0.4) is 0 Å². The Labute approximate surface area is 138 Å². The Morgan fingerprint density at radius 1 is 1.17 bits per heavy atom. The number of hydrogen-bond acceptors (Lipinski definition) is 2. The van der Waals surface area contributed by atoms with Crippen LogP contribution in [0.15, 0.2) is 11.1 Å². The van der Waals surface area contributed by atoms with Crippen LogP contribution >= 0.6 is 0 Å². The molecular formula is C20H29FO2. The lowest BCUT2D eigenvalue weighted by molar-refractivity contribution is -0.155. The van der Waals surface area contributed by atoms with Gasteiger partial charge in [0.15, 0.2) is 0 Å². The molecule has 0 saturated heterocycles. The van der Waals surface area contributed by atoms with E-state index < -0.39 is 6.17 Å². The van der Waals surface area contributed by atoms with E-state index in [1.807, 2.05) is 0 Å². The maximum atomic E-state index is 13.7. The van der Waals surface area contributed by atoms with Gasteiger partial charge in [-0.3, -0.25) is 4.79 Å². The Kier molecular flexibility index (Phi) is 3.81. The zero-order valence-corrected chi connectivity index (χ0v) is 14.4. The first-order chi connectivity index (χ1) is 11.0. The third-order valence-electron chi connectivity index (χ3n) is 7.53. The predicted octanol–water partition coefficient (Wildman–Crippen LogP) is 4.97. The molecule has 4 aliphatic rings. The third-order valence-corrected chi connectivity index (χ3v) is 7.53. The first kappa shape index (κ1) is 15.7. The van der Waals surface area contributed by atoms with Gasteiger partial charge < -0.3 is 4.74 Å². The molecule has 2 unspecified atom stereocenters. The predicted molar refractivity (Wildman–Crippen MR) is 87.6 cm³/mol. The van der Waals surface area contributed by atoms with Gasteiger partial charge in [-0.1, -0.05) is 18.1 Å². The Hall–Kier alpha value is -0.860. The fourth-order valence-electron chi connectivity index (χ4n) is 6.51. The fraction of sp³-hybridized carbons (Fsp3) is 0.850. The molecule has 0 aromatic rings. The van der Waals surface area contributed by atoms with E-state index in [9.17, 15) is 9.18 Å². The molecule has 0 aromatic carbocycles. The van der Waals surface area contributed by atoms with Crippen LogP contribution in [0, 0.1) is 23.2 Å². The van der Waals surface area contributed by atoms with Crippen molar-refractivity contribution in [3.8, 4) is 0 Å². The molecule has 0 bridgehead atoms. The Morgan fingerprint density at radius 2 is 2.00 bits per heavy atom. The van der Waals surface area contributed by atoms with Crippen molar-refractivity contribution in [2.75, 3.05) is 0 Å². The summed E-state index contributed by atoms with van der Waals surface area (Å²) in [4.78, 5) is 11.5. The van der Waals surface area contributed by atoms with Gasteiger partial charge in [0.05, 0.1) is 0 Å². The highest BCUT2D eigenvalue weighted by atomic mass is 19.1. The van der Waals surface area contributed by atoms with Crippen LogP contribution in [-0.4, -0.2) is 18.2 Å². The number of carbonyl (C=O) groups excluding carboxylic acids is 1. The molecule has 2 saturated carbocycles. The summed E-state index contributed by atoms with van der Waals surface area (Å²) in [5.74, 6) is 1.99. The van der Waals surface area contributed by atoms with Crippen molar-refractivity contribution in [1.82, 2.24) is 0 Å². The summed E-state index contributed by atoms with van der Waals surface area (Å²) in [6, 6.07) is 0. The van der Waals surface area contributed by atoms with Crippen LogP contribution in [0.4, 0.5) is 4.39 Å². The number of alkyl halides is 1. The smallest absolute Gasteiger partial charge is 0.302 e. The summed E-state index contributed by atoms with van der Waals surface area (Å²) >= 11 is 0. The number of carbonyl (C=O) groups is 1. The van der Waals surface area contributed by atoms with E-state index in [1.165, 1.54) is 31.8 Å². The summed E-state index contributed by atoms with van der Waals surface area (Å²) in [5.41, 5.74) is 3.26. The average molecular weight is 320 g/mol. The molecule has 0 radical (unpaired) electrons. The van der Waals surface area contributed by atoms with E-state index in [2.05, 4.69) is 6.92 Å². The summed E-state index contributed by atoms with van der Waals surface area (Å²) in [6.45, 7) is 3.90. The lowest BCUT2D eigenvalue weighted by Crippen LogP contribution is -2.46. The molecule has 0 N–H and O–H groups in total. The summed E-state index contributed by atoms with van der Waals surface area (Å²) in [7, 11) is 0. The minimum Gasteiger partial charge on any atom is -0.462 e. The number of rotatable bonds is 1. The largest absolute Gasteiger partial charge is 0.462 e. The number of allylic oxidation sites excluding steroid dienone is 2. The van der Waals surface area contributed by atoms with Crippen LogP contribution in [-0.2, 0) is 9.53 Å². The minimum atomic E-state index is -0.598. The Morgan fingerprint density at radius 3 is 2.78 bits per heavy atom. The van der Waals surface area contributed by atoms with Crippen molar-refractivity contribution in [1.29, 1.82) is 0 Å². The van der Waals surface area contributed by atoms with Crippen LogP contribution in [0.2, 0.25) is 0 Å². The maximum absolute atomic E-state index is 13.7. The molecule has 0 amide bonds. The number of fused-ring (bicyclic) bond motifs is 4. The maximum Gasteiger partial charge on any atom is 0.302 e. The molecular weight excluding hydrogens is 291 g/mol. The van der Waals surface area contributed by atoms with Crippen LogP contribution < -0.4 is 0 Å². The first-order valence-corrected chi connectivity index (χ1v) is 9.51. The highest BCUT2D eigenvalue weighted by Crippen LogP contribution is 2.61. The average Bonchev–Trinajstić information content (AvgIpc) is 2.83. The van der Waals surface area contributed by atoms with E-state index >= 15 is 0 Å². The number of halogens is 1. The first-order valence-electron chi connectivity index (χ1n) is 9.51.